The van der Waals surface area contributed by atoms with Crippen LogP contribution in [-0.4, -0.2) is 22.3 Å². The minimum absolute atomic E-state index is 0.124. The molecule has 0 N–H and O–H groups in total. The summed E-state index contributed by atoms with van der Waals surface area (Å²) >= 11 is 5.63. The lowest BCUT2D eigenvalue weighted by atomic mass is 9.89. The highest BCUT2D eigenvalue weighted by molar-refractivity contribution is 6.16. The van der Waals surface area contributed by atoms with Crippen LogP contribution in [0, 0.1) is 5.92 Å². The summed E-state index contributed by atoms with van der Waals surface area (Å²) in [4.78, 5) is 4.26. The van der Waals surface area contributed by atoms with Crippen LogP contribution in [0.1, 0.15) is 38.4 Å². The lowest BCUT2D eigenvalue weighted by molar-refractivity contribution is 0.0542. The van der Waals surface area contributed by atoms with Crippen LogP contribution in [0.2, 0.25) is 0 Å². The highest BCUT2D eigenvalue weighted by atomic mass is 35.5. The second-order valence-electron chi connectivity index (χ2n) is 4.11. The van der Waals surface area contributed by atoms with E-state index in [1.807, 2.05) is 6.92 Å². The minimum atomic E-state index is 0.124. The van der Waals surface area contributed by atoms with Crippen molar-refractivity contribution in [3.05, 3.63) is 11.7 Å². The third-order valence-corrected chi connectivity index (χ3v) is 3.37. The van der Waals surface area contributed by atoms with Gasteiger partial charge in [0.1, 0.15) is 0 Å². The monoisotopic (exact) mass is 230 g/mol. The molecule has 0 saturated carbocycles. The average molecular weight is 231 g/mol. The van der Waals surface area contributed by atoms with Crippen LogP contribution in [0.25, 0.3) is 0 Å². The molecule has 0 aromatic carbocycles. The van der Waals surface area contributed by atoms with Gasteiger partial charge in [-0.05, 0) is 19.8 Å². The number of alkyl halides is 1. The van der Waals surface area contributed by atoms with Crippen molar-refractivity contribution < 1.29 is 9.26 Å². The van der Waals surface area contributed by atoms with Crippen molar-refractivity contribution in [2.75, 3.05) is 0 Å². The molecule has 4 atom stereocenters. The van der Waals surface area contributed by atoms with E-state index in [-0.39, 0.29) is 24.0 Å². The Hall–Kier alpha value is -0.610. The first-order chi connectivity index (χ1) is 7.13. The average Bonchev–Trinajstić information content (AvgIpc) is 2.74. The molecule has 1 aromatic heterocycles. The van der Waals surface area contributed by atoms with Crippen molar-refractivity contribution in [3.8, 4) is 0 Å². The molecule has 2 rings (SSSR count). The van der Waals surface area contributed by atoms with Gasteiger partial charge in [-0.3, -0.25) is 0 Å². The standard InChI is InChI=1S/C10H15ClN2O2/c1-5-6(2)14-7(3)9(5)10-12-8(4-11)13-15-10/h5-7,9H,4H2,1-3H3. The van der Waals surface area contributed by atoms with Gasteiger partial charge in [-0.25, -0.2) is 0 Å². The van der Waals surface area contributed by atoms with Gasteiger partial charge < -0.3 is 9.26 Å². The number of nitrogens with zero attached hydrogens (tertiary/aromatic N) is 2. The van der Waals surface area contributed by atoms with Gasteiger partial charge in [-0.15, -0.1) is 11.6 Å². The van der Waals surface area contributed by atoms with Gasteiger partial charge in [0, 0.05) is 0 Å². The molecule has 1 aliphatic rings. The molecule has 1 saturated heterocycles. The van der Waals surface area contributed by atoms with Crippen molar-refractivity contribution in [1.82, 2.24) is 10.1 Å². The molecule has 15 heavy (non-hydrogen) atoms. The molecule has 0 aliphatic carbocycles. The highest BCUT2D eigenvalue weighted by Crippen LogP contribution is 2.38. The highest BCUT2D eigenvalue weighted by Gasteiger charge is 2.41. The Labute approximate surface area is 93.9 Å². The van der Waals surface area contributed by atoms with Gasteiger partial charge in [-0.2, -0.15) is 4.98 Å². The van der Waals surface area contributed by atoms with Crippen LogP contribution in [0.4, 0.5) is 0 Å². The van der Waals surface area contributed by atoms with Crippen LogP contribution in [0.3, 0.4) is 0 Å². The van der Waals surface area contributed by atoms with E-state index in [0.717, 1.165) is 0 Å². The van der Waals surface area contributed by atoms with E-state index in [1.165, 1.54) is 0 Å². The molecule has 0 spiro atoms. The van der Waals surface area contributed by atoms with Gasteiger partial charge in [0.2, 0.25) is 5.89 Å². The fourth-order valence-electron chi connectivity index (χ4n) is 2.15. The summed E-state index contributed by atoms with van der Waals surface area (Å²) in [6.45, 7) is 6.25. The number of rotatable bonds is 2. The number of ether oxygens (including phenoxy) is 1. The van der Waals surface area contributed by atoms with E-state index < -0.39 is 0 Å². The first-order valence-electron chi connectivity index (χ1n) is 5.17. The zero-order valence-electron chi connectivity index (χ0n) is 9.11. The normalized spacial score (nSPS) is 36.0. The third kappa shape index (κ3) is 1.88. The van der Waals surface area contributed by atoms with E-state index in [1.54, 1.807) is 0 Å². The van der Waals surface area contributed by atoms with Crippen molar-refractivity contribution >= 4 is 11.6 Å². The van der Waals surface area contributed by atoms with E-state index in [9.17, 15) is 0 Å². The minimum Gasteiger partial charge on any atom is -0.374 e. The van der Waals surface area contributed by atoms with Gasteiger partial charge in [-0.1, -0.05) is 12.1 Å². The summed E-state index contributed by atoms with van der Waals surface area (Å²) in [5.41, 5.74) is 0. The largest absolute Gasteiger partial charge is 0.374 e. The Morgan fingerprint density at radius 3 is 2.47 bits per heavy atom. The van der Waals surface area contributed by atoms with Crippen LogP contribution in [0.5, 0.6) is 0 Å². The van der Waals surface area contributed by atoms with Gasteiger partial charge >= 0.3 is 0 Å². The Kier molecular flexibility index (Phi) is 2.98. The van der Waals surface area contributed by atoms with Gasteiger partial charge in [0.05, 0.1) is 24.0 Å². The fourth-order valence-corrected chi connectivity index (χ4v) is 2.26. The second-order valence-corrected chi connectivity index (χ2v) is 4.38. The zero-order chi connectivity index (χ0) is 11.0. The molecule has 84 valence electrons. The number of hydrogen-bond acceptors (Lipinski definition) is 4. The Morgan fingerprint density at radius 2 is 2.00 bits per heavy atom. The van der Waals surface area contributed by atoms with Crippen LogP contribution in [0.15, 0.2) is 4.52 Å². The molecule has 1 aromatic rings. The lowest BCUT2D eigenvalue weighted by Crippen LogP contribution is -2.15. The van der Waals surface area contributed by atoms with Crippen LogP contribution in [-0.2, 0) is 10.6 Å². The smallest absolute Gasteiger partial charge is 0.232 e. The summed E-state index contributed by atoms with van der Waals surface area (Å²) in [7, 11) is 0. The molecular formula is C10H15ClN2O2. The van der Waals surface area contributed by atoms with E-state index in [4.69, 9.17) is 20.9 Å². The predicted molar refractivity (Wildman–Crippen MR) is 55.8 cm³/mol. The van der Waals surface area contributed by atoms with Crippen molar-refractivity contribution in [1.29, 1.82) is 0 Å². The molecule has 4 nitrogen and oxygen atoms in total. The molecule has 0 radical (unpaired) electrons. The van der Waals surface area contributed by atoms with Crippen molar-refractivity contribution in [2.24, 2.45) is 5.92 Å². The van der Waals surface area contributed by atoms with Crippen molar-refractivity contribution in [2.45, 2.75) is 44.8 Å². The zero-order valence-corrected chi connectivity index (χ0v) is 9.86. The lowest BCUT2D eigenvalue weighted by Gasteiger charge is -2.12. The number of halogens is 1. The molecule has 2 heterocycles. The Morgan fingerprint density at radius 1 is 1.27 bits per heavy atom. The van der Waals surface area contributed by atoms with E-state index >= 15 is 0 Å². The van der Waals surface area contributed by atoms with E-state index in [2.05, 4.69) is 24.0 Å². The number of aromatic nitrogens is 2. The summed E-state index contributed by atoms with van der Waals surface area (Å²) in [5.74, 6) is 2.06. The molecule has 5 heteroatoms. The molecule has 4 unspecified atom stereocenters. The third-order valence-electron chi connectivity index (χ3n) is 3.13. The Balaban J connectivity index is 2.22. The fraction of sp³-hybridized carbons (Fsp3) is 0.800. The topological polar surface area (TPSA) is 48.2 Å². The molecule has 1 aliphatic heterocycles. The maximum Gasteiger partial charge on any atom is 0.232 e. The molecular weight excluding hydrogens is 216 g/mol. The van der Waals surface area contributed by atoms with Gasteiger partial charge in [0.15, 0.2) is 5.82 Å². The maximum absolute atomic E-state index is 5.72. The Bertz CT molecular complexity index is 342. The number of hydrogen-bond donors (Lipinski definition) is 0. The first kappa shape index (κ1) is 10.9. The summed E-state index contributed by atoms with van der Waals surface area (Å²) in [6, 6.07) is 0. The SMILES string of the molecule is CC1OC(C)C(c2nc(CCl)no2)C1C. The van der Waals surface area contributed by atoms with E-state index in [0.29, 0.717) is 17.6 Å². The summed E-state index contributed by atoms with van der Waals surface area (Å²) in [5, 5.41) is 3.80. The predicted octanol–water partition coefficient (Wildman–Crippen LogP) is 2.34. The first-order valence-corrected chi connectivity index (χ1v) is 5.70. The maximum atomic E-state index is 5.72. The van der Waals surface area contributed by atoms with Crippen LogP contribution >= 0.6 is 11.6 Å². The summed E-state index contributed by atoms with van der Waals surface area (Å²) in [6.07, 6.45) is 0.356. The van der Waals surface area contributed by atoms with Crippen molar-refractivity contribution in [3.63, 3.8) is 0 Å². The second kappa shape index (κ2) is 4.10. The molecule has 1 fully saturated rings. The molecule has 0 bridgehead atoms. The summed E-state index contributed by atoms with van der Waals surface area (Å²) < 4.78 is 10.9. The molecule has 0 amide bonds. The van der Waals surface area contributed by atoms with Gasteiger partial charge in [0.25, 0.3) is 0 Å². The quantitative estimate of drug-likeness (QED) is 0.732. The van der Waals surface area contributed by atoms with Crippen LogP contribution < -0.4 is 0 Å².